The largest absolute Gasteiger partial charge is 0.390 e. The van der Waals surface area contributed by atoms with Gasteiger partial charge in [0, 0.05) is 25.8 Å². The van der Waals surface area contributed by atoms with E-state index in [9.17, 15) is 5.11 Å². The highest BCUT2D eigenvalue weighted by Crippen LogP contribution is 2.27. The fourth-order valence-corrected chi connectivity index (χ4v) is 2.35. The lowest BCUT2D eigenvalue weighted by molar-refractivity contribution is -0.0164. The summed E-state index contributed by atoms with van der Waals surface area (Å²) in [6.45, 7) is 4.23. The zero-order valence-electron chi connectivity index (χ0n) is 10.3. The summed E-state index contributed by atoms with van der Waals surface area (Å²) in [7, 11) is 0. The van der Waals surface area contributed by atoms with Gasteiger partial charge in [0.2, 0.25) is 0 Å². The van der Waals surface area contributed by atoms with Crippen LogP contribution in [0.15, 0.2) is 24.4 Å². The van der Waals surface area contributed by atoms with E-state index in [2.05, 4.69) is 9.88 Å². The second-order valence-corrected chi connectivity index (χ2v) is 5.04. The van der Waals surface area contributed by atoms with Gasteiger partial charge in [-0.2, -0.15) is 0 Å². The van der Waals surface area contributed by atoms with Crippen LogP contribution < -0.4 is 5.73 Å². The highest BCUT2D eigenvalue weighted by Gasteiger charge is 2.31. The molecule has 0 amide bonds. The average molecular weight is 235 g/mol. The van der Waals surface area contributed by atoms with Crippen molar-refractivity contribution in [1.82, 2.24) is 9.88 Å². The molecule has 1 atom stereocenters. The van der Waals surface area contributed by atoms with E-state index in [0.29, 0.717) is 6.54 Å². The molecule has 17 heavy (non-hydrogen) atoms. The predicted octanol–water partition coefficient (Wildman–Crippen LogP) is 0.928. The van der Waals surface area contributed by atoms with Crippen molar-refractivity contribution in [3.8, 4) is 0 Å². The fraction of sp³-hybridized carbons (Fsp3) is 0.615. The van der Waals surface area contributed by atoms with Crippen LogP contribution in [0.2, 0.25) is 0 Å². The van der Waals surface area contributed by atoms with Crippen molar-refractivity contribution >= 4 is 0 Å². The number of nitrogens with zero attached hydrogens (tertiary/aromatic N) is 2. The minimum Gasteiger partial charge on any atom is -0.390 e. The van der Waals surface area contributed by atoms with Crippen LogP contribution in [-0.4, -0.2) is 40.2 Å². The molecular formula is C13H21N3O. The first-order valence-electron chi connectivity index (χ1n) is 6.20. The Bertz CT molecular complexity index is 343. The highest BCUT2D eigenvalue weighted by atomic mass is 16.3. The standard InChI is InChI=1S/C13H21N3O/c1-13(17)5-8-16(9-6-13)12(10-14)11-4-2-3-7-15-11/h2-4,7,12,17H,5-6,8-10,14H2,1H3. The molecule has 94 valence electrons. The third-order valence-corrected chi connectivity index (χ3v) is 3.57. The van der Waals surface area contributed by atoms with Gasteiger partial charge in [0.15, 0.2) is 0 Å². The number of likely N-dealkylation sites (tertiary alicyclic amines) is 1. The van der Waals surface area contributed by atoms with Crippen LogP contribution in [0.25, 0.3) is 0 Å². The Morgan fingerprint density at radius 1 is 1.47 bits per heavy atom. The van der Waals surface area contributed by atoms with E-state index in [1.165, 1.54) is 0 Å². The van der Waals surface area contributed by atoms with Crippen LogP contribution in [0.4, 0.5) is 0 Å². The van der Waals surface area contributed by atoms with Crippen molar-refractivity contribution in [3.63, 3.8) is 0 Å². The first-order valence-corrected chi connectivity index (χ1v) is 6.20. The molecule has 1 aliphatic heterocycles. The normalized spacial score (nSPS) is 22.3. The van der Waals surface area contributed by atoms with Gasteiger partial charge in [0.25, 0.3) is 0 Å². The Morgan fingerprint density at radius 3 is 2.71 bits per heavy atom. The topological polar surface area (TPSA) is 62.4 Å². The van der Waals surface area contributed by atoms with Crippen molar-refractivity contribution in [2.75, 3.05) is 19.6 Å². The fourth-order valence-electron chi connectivity index (χ4n) is 2.35. The lowest BCUT2D eigenvalue weighted by atomic mass is 9.92. The summed E-state index contributed by atoms with van der Waals surface area (Å²) in [6.07, 6.45) is 3.41. The average Bonchev–Trinajstić information content (AvgIpc) is 2.33. The van der Waals surface area contributed by atoms with Gasteiger partial charge in [-0.3, -0.25) is 9.88 Å². The number of pyridine rings is 1. The summed E-state index contributed by atoms with van der Waals surface area (Å²) >= 11 is 0. The second-order valence-electron chi connectivity index (χ2n) is 5.04. The van der Waals surface area contributed by atoms with Gasteiger partial charge in [-0.05, 0) is 31.9 Å². The van der Waals surface area contributed by atoms with E-state index >= 15 is 0 Å². The summed E-state index contributed by atoms with van der Waals surface area (Å²) in [4.78, 5) is 6.70. The van der Waals surface area contributed by atoms with Gasteiger partial charge < -0.3 is 10.8 Å². The number of piperidine rings is 1. The van der Waals surface area contributed by atoms with Gasteiger partial charge >= 0.3 is 0 Å². The van der Waals surface area contributed by atoms with Crippen molar-refractivity contribution in [2.45, 2.75) is 31.4 Å². The van der Waals surface area contributed by atoms with Crippen LogP contribution >= 0.6 is 0 Å². The molecule has 3 N–H and O–H groups in total. The molecule has 0 saturated carbocycles. The van der Waals surface area contributed by atoms with Crippen LogP contribution in [0, 0.1) is 0 Å². The third-order valence-electron chi connectivity index (χ3n) is 3.57. The molecule has 0 bridgehead atoms. The zero-order valence-corrected chi connectivity index (χ0v) is 10.3. The number of nitrogens with two attached hydrogens (primary N) is 1. The molecule has 1 aromatic heterocycles. The molecule has 4 nitrogen and oxygen atoms in total. The van der Waals surface area contributed by atoms with E-state index in [-0.39, 0.29) is 6.04 Å². The first-order chi connectivity index (χ1) is 8.12. The van der Waals surface area contributed by atoms with Gasteiger partial charge in [-0.15, -0.1) is 0 Å². The maximum absolute atomic E-state index is 9.94. The predicted molar refractivity (Wildman–Crippen MR) is 67.5 cm³/mol. The highest BCUT2D eigenvalue weighted by molar-refractivity contribution is 5.10. The molecule has 1 aromatic rings. The lowest BCUT2D eigenvalue weighted by Crippen LogP contribution is -2.45. The third kappa shape index (κ3) is 3.03. The minimum atomic E-state index is -0.514. The molecule has 1 saturated heterocycles. The van der Waals surface area contributed by atoms with E-state index < -0.39 is 5.60 Å². The molecule has 1 unspecified atom stereocenters. The quantitative estimate of drug-likeness (QED) is 0.818. The SMILES string of the molecule is CC1(O)CCN(C(CN)c2ccccn2)CC1. The molecule has 0 aliphatic carbocycles. The van der Waals surface area contributed by atoms with E-state index in [4.69, 9.17) is 5.73 Å². The van der Waals surface area contributed by atoms with E-state index in [1.54, 1.807) is 6.20 Å². The number of aromatic nitrogens is 1. The van der Waals surface area contributed by atoms with E-state index in [0.717, 1.165) is 31.6 Å². The van der Waals surface area contributed by atoms with Crippen LogP contribution in [0.1, 0.15) is 31.5 Å². The Morgan fingerprint density at radius 2 is 2.18 bits per heavy atom. The van der Waals surface area contributed by atoms with Gasteiger partial charge in [-0.25, -0.2) is 0 Å². The summed E-state index contributed by atoms with van der Waals surface area (Å²) < 4.78 is 0. The van der Waals surface area contributed by atoms with Crippen LogP contribution in [0.3, 0.4) is 0 Å². The van der Waals surface area contributed by atoms with Crippen molar-refractivity contribution in [2.24, 2.45) is 5.73 Å². The Kier molecular flexibility index (Phi) is 3.76. The number of hydrogen-bond acceptors (Lipinski definition) is 4. The Labute approximate surface area is 102 Å². The van der Waals surface area contributed by atoms with Crippen molar-refractivity contribution in [3.05, 3.63) is 30.1 Å². The van der Waals surface area contributed by atoms with Gasteiger partial charge in [0.05, 0.1) is 17.3 Å². The van der Waals surface area contributed by atoms with Crippen molar-refractivity contribution in [1.29, 1.82) is 0 Å². The summed E-state index contributed by atoms with van der Waals surface area (Å²) in [5, 5.41) is 9.94. The lowest BCUT2D eigenvalue weighted by Gasteiger charge is -2.39. The molecule has 4 heteroatoms. The maximum atomic E-state index is 9.94. The molecule has 0 spiro atoms. The first kappa shape index (κ1) is 12.5. The number of hydrogen-bond donors (Lipinski definition) is 2. The second kappa shape index (κ2) is 5.12. The van der Waals surface area contributed by atoms with Crippen LogP contribution in [-0.2, 0) is 0 Å². The molecule has 2 heterocycles. The molecular weight excluding hydrogens is 214 g/mol. The van der Waals surface area contributed by atoms with Gasteiger partial charge in [0.1, 0.15) is 0 Å². The maximum Gasteiger partial charge on any atom is 0.0644 e. The molecule has 1 fully saturated rings. The smallest absolute Gasteiger partial charge is 0.0644 e. The summed E-state index contributed by atoms with van der Waals surface area (Å²) in [6, 6.07) is 6.10. The van der Waals surface area contributed by atoms with Gasteiger partial charge in [-0.1, -0.05) is 6.07 Å². The minimum absolute atomic E-state index is 0.173. The monoisotopic (exact) mass is 235 g/mol. The molecule has 0 aromatic carbocycles. The Hall–Kier alpha value is -0.970. The number of aliphatic hydroxyl groups is 1. The van der Waals surface area contributed by atoms with Crippen molar-refractivity contribution < 1.29 is 5.11 Å². The zero-order chi connectivity index (χ0) is 12.3. The van der Waals surface area contributed by atoms with E-state index in [1.807, 2.05) is 25.1 Å². The summed E-state index contributed by atoms with van der Waals surface area (Å²) in [5.74, 6) is 0. The molecule has 0 radical (unpaired) electrons. The van der Waals surface area contributed by atoms with Crippen LogP contribution in [0.5, 0.6) is 0 Å². The number of rotatable bonds is 3. The molecule has 1 aliphatic rings. The summed E-state index contributed by atoms with van der Waals surface area (Å²) in [5.41, 5.74) is 6.37. The Balaban J connectivity index is 2.05. The molecule has 2 rings (SSSR count).